The number of nitrogens with one attached hydrogen (secondary N) is 1. The lowest BCUT2D eigenvalue weighted by molar-refractivity contribution is -0.136. The molecule has 0 bridgehead atoms. The molecule has 1 aromatic heterocycles. The number of amides is 3. The molecule has 0 radical (unpaired) electrons. The number of ether oxygens (including phenoxy) is 1. The molecule has 0 spiro atoms. The average molecular weight is 446 g/mol. The number of hydrogen-bond acceptors (Lipinski definition) is 6. The highest BCUT2D eigenvalue weighted by atomic mass is 16.5. The van der Waals surface area contributed by atoms with Crippen molar-refractivity contribution in [3.05, 3.63) is 53.7 Å². The monoisotopic (exact) mass is 446 g/mol. The van der Waals surface area contributed by atoms with Crippen LogP contribution in [-0.4, -0.2) is 50.7 Å². The van der Waals surface area contributed by atoms with E-state index in [0.29, 0.717) is 24.3 Å². The Kier molecular flexibility index (Phi) is 4.88. The lowest BCUT2D eigenvalue weighted by Gasteiger charge is -2.29. The molecule has 3 heterocycles. The molecular formula is C24H22N4O5. The summed E-state index contributed by atoms with van der Waals surface area (Å²) < 4.78 is 6.87. The second-order valence-corrected chi connectivity index (χ2v) is 8.19. The zero-order valence-electron chi connectivity index (χ0n) is 18.2. The number of carbonyl (C=O) groups excluding carboxylic acids is 3. The molecule has 2 aliphatic rings. The number of benzene rings is 2. The fourth-order valence-corrected chi connectivity index (χ4v) is 4.57. The smallest absolute Gasteiger partial charge is 0.255 e. The van der Waals surface area contributed by atoms with Crippen LogP contribution in [0, 0.1) is 0 Å². The van der Waals surface area contributed by atoms with E-state index >= 15 is 0 Å². The van der Waals surface area contributed by atoms with Gasteiger partial charge in [-0.25, -0.2) is 0 Å². The average Bonchev–Trinajstić information content (AvgIpc) is 3.33. The molecule has 168 valence electrons. The highest BCUT2D eigenvalue weighted by molar-refractivity contribution is 6.05. The van der Waals surface area contributed by atoms with Crippen molar-refractivity contribution >= 4 is 17.7 Å². The lowest BCUT2D eigenvalue weighted by atomic mass is 9.98. The van der Waals surface area contributed by atoms with Crippen LogP contribution in [-0.2, 0) is 23.2 Å². The number of imide groups is 1. The number of rotatable bonds is 4. The first-order valence-electron chi connectivity index (χ1n) is 10.5. The molecule has 0 aliphatic carbocycles. The summed E-state index contributed by atoms with van der Waals surface area (Å²) in [6.07, 6.45) is 2.29. The van der Waals surface area contributed by atoms with Crippen LogP contribution in [0.25, 0.3) is 22.4 Å². The van der Waals surface area contributed by atoms with Crippen LogP contribution in [0.1, 0.15) is 28.8 Å². The van der Waals surface area contributed by atoms with E-state index < -0.39 is 11.9 Å². The number of fused-ring (bicyclic) bond motifs is 1. The maximum atomic E-state index is 13.0. The number of hydrogen-bond donors (Lipinski definition) is 2. The van der Waals surface area contributed by atoms with Gasteiger partial charge in [0.15, 0.2) is 11.5 Å². The van der Waals surface area contributed by atoms with Crippen molar-refractivity contribution in [3.8, 4) is 33.9 Å². The molecule has 3 amide bonds. The number of aromatic nitrogens is 2. The van der Waals surface area contributed by atoms with Crippen molar-refractivity contribution < 1.29 is 24.2 Å². The van der Waals surface area contributed by atoms with Crippen LogP contribution in [0.3, 0.4) is 0 Å². The third-order valence-electron chi connectivity index (χ3n) is 6.23. The van der Waals surface area contributed by atoms with Crippen LogP contribution in [0.4, 0.5) is 0 Å². The summed E-state index contributed by atoms with van der Waals surface area (Å²) in [5, 5.41) is 17.0. The first-order valence-corrected chi connectivity index (χ1v) is 10.5. The van der Waals surface area contributed by atoms with Crippen molar-refractivity contribution in [1.82, 2.24) is 20.0 Å². The standard InChI is InChI=1S/C24H22N4O5/c1-27-22(14-4-7-20(33-2)19(29)10-14)17(11-25-27)13-3-5-16-15(9-13)12-28(24(16)32)18-6-8-21(30)26-23(18)31/h3-5,7,9-11,18,29H,6,8,12H2,1-2H3,(H,26,30,31). The summed E-state index contributed by atoms with van der Waals surface area (Å²) in [6, 6.07) is 10.1. The van der Waals surface area contributed by atoms with E-state index in [0.717, 1.165) is 27.9 Å². The van der Waals surface area contributed by atoms with Crippen LogP contribution < -0.4 is 10.1 Å². The Hall–Kier alpha value is -4.14. The van der Waals surface area contributed by atoms with Gasteiger partial charge in [-0.15, -0.1) is 0 Å². The molecule has 9 nitrogen and oxygen atoms in total. The fourth-order valence-electron chi connectivity index (χ4n) is 4.57. The van der Waals surface area contributed by atoms with Gasteiger partial charge in [0.05, 0.1) is 19.0 Å². The second kappa shape index (κ2) is 7.77. The number of aryl methyl sites for hydroxylation is 1. The molecule has 1 fully saturated rings. The maximum Gasteiger partial charge on any atom is 0.255 e. The highest BCUT2D eigenvalue weighted by Gasteiger charge is 2.39. The summed E-state index contributed by atoms with van der Waals surface area (Å²) in [5.74, 6) is -0.538. The highest BCUT2D eigenvalue weighted by Crippen LogP contribution is 2.38. The van der Waals surface area contributed by atoms with Crippen molar-refractivity contribution in [2.24, 2.45) is 7.05 Å². The first kappa shape index (κ1) is 20.7. The Morgan fingerprint density at radius 2 is 1.88 bits per heavy atom. The zero-order chi connectivity index (χ0) is 23.3. The maximum absolute atomic E-state index is 13.0. The number of aromatic hydroxyl groups is 1. The van der Waals surface area contributed by atoms with E-state index in [4.69, 9.17) is 4.74 Å². The number of phenolic OH excluding ortho intramolecular Hbond substituents is 1. The molecule has 3 aromatic rings. The van der Waals surface area contributed by atoms with Crippen LogP contribution >= 0.6 is 0 Å². The lowest BCUT2D eigenvalue weighted by Crippen LogP contribution is -2.52. The van der Waals surface area contributed by atoms with Gasteiger partial charge < -0.3 is 14.7 Å². The Balaban J connectivity index is 1.49. The normalized spacial score (nSPS) is 17.8. The summed E-state index contributed by atoms with van der Waals surface area (Å²) in [6.45, 7) is 0.299. The van der Waals surface area contributed by atoms with Gasteiger partial charge in [0, 0.05) is 36.7 Å². The molecule has 2 N–H and O–H groups in total. The Morgan fingerprint density at radius 1 is 1.09 bits per heavy atom. The minimum Gasteiger partial charge on any atom is -0.504 e. The van der Waals surface area contributed by atoms with Crippen molar-refractivity contribution in [3.63, 3.8) is 0 Å². The Bertz CT molecular complexity index is 1310. The van der Waals surface area contributed by atoms with E-state index in [2.05, 4.69) is 10.4 Å². The Morgan fingerprint density at radius 3 is 2.61 bits per heavy atom. The van der Waals surface area contributed by atoms with E-state index in [1.54, 1.807) is 29.1 Å². The second-order valence-electron chi connectivity index (χ2n) is 8.19. The SMILES string of the molecule is COc1ccc(-c2c(-c3ccc4c(c3)CN(C3CCC(=O)NC3=O)C4=O)cnn2C)cc1O. The largest absolute Gasteiger partial charge is 0.504 e. The molecule has 1 atom stereocenters. The number of nitrogens with zero attached hydrogens (tertiary/aromatic N) is 3. The van der Waals surface area contributed by atoms with Gasteiger partial charge >= 0.3 is 0 Å². The quantitative estimate of drug-likeness (QED) is 0.594. The topological polar surface area (TPSA) is 114 Å². The van der Waals surface area contributed by atoms with Gasteiger partial charge in [-0.05, 0) is 47.9 Å². The van der Waals surface area contributed by atoms with Gasteiger partial charge in [0.2, 0.25) is 11.8 Å². The zero-order valence-corrected chi connectivity index (χ0v) is 18.2. The predicted molar refractivity (Wildman–Crippen MR) is 118 cm³/mol. The molecule has 2 aliphatic heterocycles. The van der Waals surface area contributed by atoms with Crippen LogP contribution in [0.15, 0.2) is 42.6 Å². The minimum atomic E-state index is -0.651. The van der Waals surface area contributed by atoms with Crippen molar-refractivity contribution in [2.75, 3.05) is 7.11 Å². The van der Waals surface area contributed by atoms with Crippen molar-refractivity contribution in [1.29, 1.82) is 0 Å². The molecule has 33 heavy (non-hydrogen) atoms. The van der Waals surface area contributed by atoms with E-state index in [-0.39, 0.29) is 24.0 Å². The predicted octanol–water partition coefficient (Wildman–Crippen LogP) is 2.23. The molecule has 5 rings (SSSR count). The molecule has 1 saturated heterocycles. The Labute approximate surface area is 189 Å². The van der Waals surface area contributed by atoms with E-state index in [1.807, 2.05) is 25.2 Å². The summed E-state index contributed by atoms with van der Waals surface area (Å²) in [7, 11) is 3.32. The number of piperidine rings is 1. The third kappa shape index (κ3) is 3.42. The molecule has 2 aromatic carbocycles. The minimum absolute atomic E-state index is 0.0292. The number of methoxy groups -OCH3 is 1. The van der Waals surface area contributed by atoms with Crippen LogP contribution in [0.2, 0.25) is 0 Å². The summed E-state index contributed by atoms with van der Waals surface area (Å²) in [4.78, 5) is 38.3. The first-order chi connectivity index (χ1) is 15.9. The molecule has 0 saturated carbocycles. The van der Waals surface area contributed by atoms with Gasteiger partial charge in [-0.3, -0.25) is 24.4 Å². The number of carbonyl (C=O) groups is 3. The molecule has 1 unspecified atom stereocenters. The van der Waals surface area contributed by atoms with Gasteiger partial charge in [-0.1, -0.05) is 6.07 Å². The van der Waals surface area contributed by atoms with E-state index in [9.17, 15) is 19.5 Å². The van der Waals surface area contributed by atoms with Gasteiger partial charge in [0.25, 0.3) is 5.91 Å². The molecular weight excluding hydrogens is 424 g/mol. The van der Waals surface area contributed by atoms with Gasteiger partial charge in [-0.2, -0.15) is 5.10 Å². The summed E-state index contributed by atoms with van der Waals surface area (Å²) in [5.41, 5.74) is 4.65. The van der Waals surface area contributed by atoms with Crippen molar-refractivity contribution in [2.45, 2.75) is 25.4 Å². The van der Waals surface area contributed by atoms with E-state index in [1.165, 1.54) is 12.0 Å². The fraction of sp³-hybridized carbons (Fsp3) is 0.250. The van der Waals surface area contributed by atoms with Gasteiger partial charge in [0.1, 0.15) is 6.04 Å². The molecule has 9 heteroatoms. The third-order valence-corrected chi connectivity index (χ3v) is 6.23. The van der Waals surface area contributed by atoms with Crippen LogP contribution in [0.5, 0.6) is 11.5 Å². The number of phenols is 1. The summed E-state index contributed by atoms with van der Waals surface area (Å²) >= 11 is 0.